The Balaban J connectivity index is 1.88. The summed E-state index contributed by atoms with van der Waals surface area (Å²) in [5, 5.41) is 2.65. The van der Waals surface area contributed by atoms with E-state index in [1.54, 1.807) is 44.7 Å². The lowest BCUT2D eigenvalue weighted by atomic mass is 9.74. The van der Waals surface area contributed by atoms with E-state index in [1.807, 2.05) is 13.8 Å². The highest BCUT2D eigenvalue weighted by Gasteiger charge is 2.53. The summed E-state index contributed by atoms with van der Waals surface area (Å²) < 4.78 is 25.5. The van der Waals surface area contributed by atoms with Gasteiger partial charge in [0.15, 0.2) is 0 Å². The van der Waals surface area contributed by atoms with Gasteiger partial charge in [-0.2, -0.15) is 0 Å². The number of nitrogens with zero attached hydrogens (tertiary/aromatic N) is 2. The number of nitrogens with one attached hydrogen (secondary N) is 1. The summed E-state index contributed by atoms with van der Waals surface area (Å²) >= 11 is 0. The zero-order valence-electron chi connectivity index (χ0n) is 24.4. The van der Waals surface area contributed by atoms with Crippen LogP contribution in [0.3, 0.4) is 0 Å². The molecule has 218 valence electrons. The molecule has 0 saturated carbocycles. The number of ether oxygens (including phenoxy) is 2. The van der Waals surface area contributed by atoms with Crippen molar-refractivity contribution in [3.8, 4) is 0 Å². The topological polar surface area (TPSA) is 88.2 Å². The van der Waals surface area contributed by atoms with E-state index in [0.29, 0.717) is 44.4 Å². The number of carbonyl (C=O) groups is 3. The van der Waals surface area contributed by atoms with E-state index in [2.05, 4.69) is 10.2 Å². The van der Waals surface area contributed by atoms with Gasteiger partial charge in [0, 0.05) is 12.6 Å². The van der Waals surface area contributed by atoms with Crippen LogP contribution in [0.15, 0.2) is 24.3 Å². The molecule has 0 unspecified atom stereocenters. The maximum absolute atomic E-state index is 14.2. The highest BCUT2D eigenvalue weighted by atomic mass is 19.1. The molecule has 2 amide bonds. The normalized spacial score (nSPS) is 21.1. The third-order valence-corrected chi connectivity index (χ3v) is 8.12. The highest BCUT2D eigenvalue weighted by Crippen LogP contribution is 2.47. The number of rotatable bonds is 10. The Morgan fingerprint density at radius 3 is 2.36 bits per heavy atom. The predicted molar refractivity (Wildman–Crippen MR) is 147 cm³/mol. The van der Waals surface area contributed by atoms with Gasteiger partial charge < -0.3 is 19.7 Å². The SMILES string of the molecule is CCC(CC)(C(=O)OCCN1CCCC1)[C@H]1CC[C@@H](c2cccc(F)c2)N1C(=O)[C@@H](C)NC(=O)OC(C)(C)C. The minimum atomic E-state index is -0.922. The molecule has 3 atom stereocenters. The number of amides is 2. The van der Waals surface area contributed by atoms with Crippen LogP contribution in [0.25, 0.3) is 0 Å². The predicted octanol–water partition coefficient (Wildman–Crippen LogP) is 5.22. The zero-order valence-corrected chi connectivity index (χ0v) is 24.4. The summed E-state index contributed by atoms with van der Waals surface area (Å²) in [5.74, 6) is -1.03. The largest absolute Gasteiger partial charge is 0.464 e. The first-order chi connectivity index (χ1) is 18.4. The van der Waals surface area contributed by atoms with Crippen LogP contribution in [-0.4, -0.2) is 71.7 Å². The van der Waals surface area contributed by atoms with E-state index in [4.69, 9.17) is 9.47 Å². The van der Waals surface area contributed by atoms with Crippen molar-refractivity contribution in [1.82, 2.24) is 15.1 Å². The zero-order chi connectivity index (χ0) is 28.8. The molecule has 2 heterocycles. The minimum absolute atomic E-state index is 0.304. The second kappa shape index (κ2) is 13.1. The summed E-state index contributed by atoms with van der Waals surface area (Å²) in [6.07, 6.45) is 3.75. The molecule has 0 radical (unpaired) electrons. The fraction of sp³-hybridized carbons (Fsp3) is 0.700. The van der Waals surface area contributed by atoms with E-state index in [-0.39, 0.29) is 17.7 Å². The van der Waals surface area contributed by atoms with Gasteiger partial charge in [0.2, 0.25) is 5.91 Å². The van der Waals surface area contributed by atoms with Gasteiger partial charge in [0.25, 0.3) is 0 Å². The first-order valence-corrected chi connectivity index (χ1v) is 14.4. The van der Waals surface area contributed by atoms with Crippen molar-refractivity contribution in [2.75, 3.05) is 26.2 Å². The highest BCUT2D eigenvalue weighted by molar-refractivity contribution is 5.87. The molecule has 2 aliphatic rings. The molecule has 2 aliphatic heterocycles. The molecule has 1 aromatic carbocycles. The fourth-order valence-corrected chi connectivity index (χ4v) is 6.04. The third kappa shape index (κ3) is 7.50. The van der Waals surface area contributed by atoms with Crippen molar-refractivity contribution in [2.24, 2.45) is 5.41 Å². The number of esters is 1. The van der Waals surface area contributed by atoms with Crippen molar-refractivity contribution in [3.63, 3.8) is 0 Å². The number of likely N-dealkylation sites (tertiary alicyclic amines) is 2. The Morgan fingerprint density at radius 2 is 1.77 bits per heavy atom. The second-order valence-electron chi connectivity index (χ2n) is 11.8. The van der Waals surface area contributed by atoms with Crippen molar-refractivity contribution in [2.45, 2.75) is 104 Å². The van der Waals surface area contributed by atoms with Crippen LogP contribution in [0.2, 0.25) is 0 Å². The lowest BCUT2D eigenvalue weighted by Crippen LogP contribution is -2.56. The number of halogens is 1. The summed E-state index contributed by atoms with van der Waals surface area (Å²) in [6.45, 7) is 13.8. The molecule has 3 rings (SSSR count). The van der Waals surface area contributed by atoms with Crippen LogP contribution in [0.4, 0.5) is 9.18 Å². The number of benzene rings is 1. The van der Waals surface area contributed by atoms with Gasteiger partial charge in [-0.15, -0.1) is 0 Å². The monoisotopic (exact) mass is 547 g/mol. The van der Waals surface area contributed by atoms with Crippen molar-refractivity contribution in [3.05, 3.63) is 35.6 Å². The third-order valence-electron chi connectivity index (χ3n) is 8.12. The Labute approximate surface area is 232 Å². The molecular formula is C30H46FN3O5. The van der Waals surface area contributed by atoms with E-state index in [9.17, 15) is 18.8 Å². The Hall–Kier alpha value is -2.68. The first kappa shape index (κ1) is 30.9. The smallest absolute Gasteiger partial charge is 0.408 e. The molecule has 8 nitrogen and oxygen atoms in total. The Bertz CT molecular complexity index is 1000. The molecule has 0 aliphatic carbocycles. The molecule has 0 bridgehead atoms. The van der Waals surface area contributed by atoms with Crippen LogP contribution in [0.5, 0.6) is 0 Å². The van der Waals surface area contributed by atoms with E-state index in [1.165, 1.54) is 12.1 Å². The van der Waals surface area contributed by atoms with Gasteiger partial charge in [0.05, 0.1) is 11.5 Å². The van der Waals surface area contributed by atoms with Crippen molar-refractivity contribution >= 4 is 18.0 Å². The molecule has 0 spiro atoms. The number of carbonyl (C=O) groups excluding carboxylic acids is 3. The molecule has 2 fully saturated rings. The van der Waals surface area contributed by atoms with Gasteiger partial charge in [-0.1, -0.05) is 26.0 Å². The first-order valence-electron chi connectivity index (χ1n) is 14.4. The summed E-state index contributed by atoms with van der Waals surface area (Å²) in [5.41, 5.74) is -0.973. The van der Waals surface area contributed by atoms with Crippen LogP contribution in [0, 0.1) is 11.2 Å². The van der Waals surface area contributed by atoms with Gasteiger partial charge in [-0.05, 0) is 97.0 Å². The number of hydrogen-bond acceptors (Lipinski definition) is 6. The molecule has 1 N–H and O–H groups in total. The molecular weight excluding hydrogens is 501 g/mol. The summed E-state index contributed by atoms with van der Waals surface area (Å²) in [4.78, 5) is 44.2. The Kier molecular flexibility index (Phi) is 10.4. The average molecular weight is 548 g/mol. The van der Waals surface area contributed by atoms with Crippen LogP contribution in [0.1, 0.15) is 91.7 Å². The molecule has 0 aromatic heterocycles. The van der Waals surface area contributed by atoms with Gasteiger partial charge in [-0.3, -0.25) is 14.5 Å². The quantitative estimate of drug-likeness (QED) is 0.404. The van der Waals surface area contributed by atoms with Crippen LogP contribution in [-0.2, 0) is 19.1 Å². The lowest BCUT2D eigenvalue weighted by Gasteiger charge is -2.43. The lowest BCUT2D eigenvalue weighted by molar-refractivity contribution is -0.164. The number of alkyl carbamates (subject to hydrolysis) is 1. The minimum Gasteiger partial charge on any atom is -0.464 e. The summed E-state index contributed by atoms with van der Waals surface area (Å²) in [6, 6.07) is 4.43. The summed E-state index contributed by atoms with van der Waals surface area (Å²) in [7, 11) is 0. The average Bonchev–Trinajstić information content (AvgIpc) is 3.54. The maximum Gasteiger partial charge on any atom is 0.408 e. The van der Waals surface area contributed by atoms with Crippen LogP contribution < -0.4 is 5.32 Å². The molecule has 39 heavy (non-hydrogen) atoms. The van der Waals surface area contributed by atoms with Gasteiger partial charge >= 0.3 is 12.1 Å². The van der Waals surface area contributed by atoms with E-state index in [0.717, 1.165) is 25.9 Å². The molecule has 9 heteroatoms. The second-order valence-corrected chi connectivity index (χ2v) is 11.8. The number of hydrogen-bond donors (Lipinski definition) is 1. The molecule has 2 saturated heterocycles. The van der Waals surface area contributed by atoms with E-state index < -0.39 is 35.2 Å². The Morgan fingerprint density at radius 1 is 1.10 bits per heavy atom. The maximum atomic E-state index is 14.2. The van der Waals surface area contributed by atoms with Crippen LogP contribution >= 0.6 is 0 Å². The van der Waals surface area contributed by atoms with Crippen molar-refractivity contribution in [1.29, 1.82) is 0 Å². The fourth-order valence-electron chi connectivity index (χ4n) is 6.04. The van der Waals surface area contributed by atoms with E-state index >= 15 is 0 Å². The van der Waals surface area contributed by atoms with Gasteiger partial charge in [0.1, 0.15) is 24.1 Å². The molecule has 1 aromatic rings. The van der Waals surface area contributed by atoms with Crippen molar-refractivity contribution < 1.29 is 28.2 Å². The van der Waals surface area contributed by atoms with Gasteiger partial charge in [-0.25, -0.2) is 9.18 Å². The standard InChI is InChI=1S/C30H46FN3O5/c1-7-30(8-2,27(36)38-19-18-33-16-9-10-17-33)25-15-14-24(22-12-11-13-23(31)20-22)34(25)26(35)21(3)32-28(37)39-29(4,5)6/h11-13,20-21,24-25H,7-10,14-19H2,1-6H3,(H,32,37)/t21-,24+,25-/m1/s1.